The van der Waals surface area contributed by atoms with Crippen LogP contribution in [0.1, 0.15) is 17.5 Å². The molecule has 0 saturated carbocycles. The summed E-state index contributed by atoms with van der Waals surface area (Å²) in [6.45, 7) is 0.510. The molecule has 0 bridgehead atoms. The molecule has 0 heterocycles. The summed E-state index contributed by atoms with van der Waals surface area (Å²) < 4.78 is 24.9. The standard InChI is InChI=1S/C13H20N2O2S/c1-14-18(16,17)9-8-15-13-7-6-11-4-2-3-5-12(11)10-13/h2-5,13-15H,6-10H2,1H3. The summed E-state index contributed by atoms with van der Waals surface area (Å²) in [6.07, 6.45) is 3.15. The van der Waals surface area contributed by atoms with Crippen LogP contribution in [0.5, 0.6) is 0 Å². The third kappa shape index (κ3) is 3.54. The second-order valence-electron chi connectivity index (χ2n) is 4.69. The molecular formula is C13H20N2O2S. The first-order valence-corrected chi connectivity index (χ1v) is 7.97. The van der Waals surface area contributed by atoms with Crippen molar-refractivity contribution in [3.05, 3.63) is 35.4 Å². The van der Waals surface area contributed by atoms with E-state index in [2.05, 4.69) is 34.3 Å². The number of fused-ring (bicyclic) bond motifs is 1. The molecule has 1 aromatic carbocycles. The second kappa shape index (κ2) is 5.82. The molecule has 18 heavy (non-hydrogen) atoms. The van der Waals surface area contributed by atoms with Gasteiger partial charge in [0.25, 0.3) is 0 Å². The van der Waals surface area contributed by atoms with Crippen LogP contribution in [-0.2, 0) is 22.9 Å². The van der Waals surface area contributed by atoms with Gasteiger partial charge in [0, 0.05) is 12.6 Å². The maximum Gasteiger partial charge on any atom is 0.212 e. The Morgan fingerprint density at radius 1 is 1.28 bits per heavy atom. The maximum atomic E-state index is 11.3. The zero-order valence-electron chi connectivity index (χ0n) is 10.6. The highest BCUT2D eigenvalue weighted by atomic mass is 32.2. The van der Waals surface area contributed by atoms with Gasteiger partial charge >= 0.3 is 0 Å². The molecule has 0 aliphatic heterocycles. The van der Waals surface area contributed by atoms with Crippen molar-refractivity contribution in [1.82, 2.24) is 10.0 Å². The Kier molecular flexibility index (Phi) is 4.37. The van der Waals surface area contributed by atoms with Gasteiger partial charge in [-0.1, -0.05) is 24.3 Å². The molecule has 2 rings (SSSR count). The van der Waals surface area contributed by atoms with Gasteiger partial charge in [0.05, 0.1) is 5.75 Å². The van der Waals surface area contributed by atoms with Crippen molar-refractivity contribution in [2.45, 2.75) is 25.3 Å². The zero-order chi connectivity index (χ0) is 13.0. The normalized spacial score (nSPS) is 19.5. The monoisotopic (exact) mass is 268 g/mol. The predicted molar refractivity (Wildman–Crippen MR) is 73.1 cm³/mol. The number of hydrogen-bond acceptors (Lipinski definition) is 3. The molecule has 1 aliphatic rings. The van der Waals surface area contributed by atoms with Gasteiger partial charge in [-0.15, -0.1) is 0 Å². The minimum absolute atomic E-state index is 0.141. The largest absolute Gasteiger partial charge is 0.313 e. The average molecular weight is 268 g/mol. The van der Waals surface area contributed by atoms with E-state index in [1.165, 1.54) is 18.2 Å². The minimum atomic E-state index is -3.09. The van der Waals surface area contributed by atoms with Gasteiger partial charge in [-0.25, -0.2) is 13.1 Å². The van der Waals surface area contributed by atoms with Crippen LogP contribution in [0.25, 0.3) is 0 Å². The van der Waals surface area contributed by atoms with Crippen LogP contribution in [0, 0.1) is 0 Å². The first-order valence-electron chi connectivity index (χ1n) is 6.32. The van der Waals surface area contributed by atoms with Crippen LogP contribution in [-0.4, -0.2) is 33.8 Å². The Morgan fingerprint density at radius 3 is 2.72 bits per heavy atom. The van der Waals surface area contributed by atoms with E-state index in [1.54, 1.807) is 0 Å². The van der Waals surface area contributed by atoms with Gasteiger partial charge in [-0.2, -0.15) is 0 Å². The highest BCUT2D eigenvalue weighted by Gasteiger charge is 2.18. The highest BCUT2D eigenvalue weighted by Crippen LogP contribution is 2.20. The summed E-state index contributed by atoms with van der Waals surface area (Å²) in [4.78, 5) is 0. The molecule has 0 spiro atoms. The lowest BCUT2D eigenvalue weighted by molar-refractivity contribution is 0.469. The number of hydrogen-bond donors (Lipinski definition) is 2. The van der Waals surface area contributed by atoms with E-state index < -0.39 is 10.0 Å². The summed E-state index contributed by atoms with van der Waals surface area (Å²) >= 11 is 0. The molecule has 1 atom stereocenters. The van der Waals surface area contributed by atoms with Crippen molar-refractivity contribution >= 4 is 10.0 Å². The molecule has 1 aliphatic carbocycles. The number of rotatable bonds is 5. The fourth-order valence-electron chi connectivity index (χ4n) is 2.37. The summed E-state index contributed by atoms with van der Waals surface area (Å²) in [5.41, 5.74) is 2.82. The van der Waals surface area contributed by atoms with Gasteiger partial charge in [0.2, 0.25) is 10.0 Å². The molecule has 0 aromatic heterocycles. The Hall–Kier alpha value is -0.910. The molecule has 1 unspecified atom stereocenters. The number of benzene rings is 1. The SMILES string of the molecule is CNS(=O)(=O)CCNC1CCc2ccccc2C1. The number of aryl methyl sites for hydroxylation is 1. The Morgan fingerprint density at radius 2 is 2.00 bits per heavy atom. The van der Waals surface area contributed by atoms with Gasteiger partial charge in [-0.05, 0) is 37.4 Å². The summed E-state index contributed by atoms with van der Waals surface area (Å²) in [6, 6.07) is 8.87. The predicted octanol–water partition coefficient (Wildman–Crippen LogP) is 0.683. The van der Waals surface area contributed by atoms with E-state index in [-0.39, 0.29) is 5.75 Å². The fraction of sp³-hybridized carbons (Fsp3) is 0.538. The van der Waals surface area contributed by atoms with Crippen LogP contribution < -0.4 is 10.0 Å². The second-order valence-corrected chi connectivity index (χ2v) is 6.73. The van der Waals surface area contributed by atoms with Gasteiger partial charge in [0.1, 0.15) is 0 Å². The zero-order valence-corrected chi connectivity index (χ0v) is 11.5. The van der Waals surface area contributed by atoms with E-state index in [0.29, 0.717) is 12.6 Å². The third-order valence-electron chi connectivity index (χ3n) is 3.46. The van der Waals surface area contributed by atoms with E-state index in [9.17, 15) is 8.42 Å². The van der Waals surface area contributed by atoms with E-state index in [0.717, 1.165) is 19.3 Å². The topological polar surface area (TPSA) is 58.2 Å². The molecule has 0 amide bonds. The summed E-state index contributed by atoms with van der Waals surface area (Å²) in [7, 11) is -1.64. The minimum Gasteiger partial charge on any atom is -0.313 e. The molecule has 0 fully saturated rings. The average Bonchev–Trinajstić information content (AvgIpc) is 2.38. The van der Waals surface area contributed by atoms with Crippen molar-refractivity contribution in [2.75, 3.05) is 19.3 Å². The maximum absolute atomic E-state index is 11.3. The lowest BCUT2D eigenvalue weighted by atomic mass is 9.88. The molecule has 2 N–H and O–H groups in total. The molecule has 5 heteroatoms. The quantitative estimate of drug-likeness (QED) is 0.826. The Balaban J connectivity index is 1.84. The van der Waals surface area contributed by atoms with Gasteiger partial charge in [-0.3, -0.25) is 0 Å². The molecule has 4 nitrogen and oxygen atoms in total. The van der Waals surface area contributed by atoms with Crippen molar-refractivity contribution in [3.63, 3.8) is 0 Å². The highest BCUT2D eigenvalue weighted by molar-refractivity contribution is 7.89. The Labute approximate surface area is 109 Å². The van der Waals surface area contributed by atoms with Crippen LogP contribution in [0.15, 0.2) is 24.3 Å². The summed E-state index contributed by atoms with van der Waals surface area (Å²) in [5, 5.41) is 3.33. The summed E-state index contributed by atoms with van der Waals surface area (Å²) in [5.74, 6) is 0.141. The molecule has 0 saturated heterocycles. The fourth-order valence-corrected chi connectivity index (χ4v) is 2.96. The molecule has 0 radical (unpaired) electrons. The first-order chi connectivity index (χ1) is 8.61. The van der Waals surface area contributed by atoms with Crippen molar-refractivity contribution < 1.29 is 8.42 Å². The van der Waals surface area contributed by atoms with E-state index in [1.807, 2.05) is 0 Å². The van der Waals surface area contributed by atoms with Crippen molar-refractivity contribution in [1.29, 1.82) is 0 Å². The van der Waals surface area contributed by atoms with Gasteiger partial charge in [0.15, 0.2) is 0 Å². The molecular weight excluding hydrogens is 248 g/mol. The molecule has 100 valence electrons. The van der Waals surface area contributed by atoms with Crippen molar-refractivity contribution in [3.8, 4) is 0 Å². The van der Waals surface area contributed by atoms with Crippen LogP contribution in [0.4, 0.5) is 0 Å². The number of nitrogens with one attached hydrogen (secondary N) is 2. The number of sulfonamides is 1. The van der Waals surface area contributed by atoms with Crippen LogP contribution in [0.2, 0.25) is 0 Å². The molecule has 1 aromatic rings. The van der Waals surface area contributed by atoms with Gasteiger partial charge < -0.3 is 5.32 Å². The van der Waals surface area contributed by atoms with E-state index >= 15 is 0 Å². The third-order valence-corrected chi connectivity index (χ3v) is 4.83. The van der Waals surface area contributed by atoms with E-state index in [4.69, 9.17) is 0 Å². The smallest absolute Gasteiger partial charge is 0.212 e. The van der Waals surface area contributed by atoms with Crippen LogP contribution >= 0.6 is 0 Å². The first kappa shape index (κ1) is 13.5. The Bertz CT molecular complexity index is 499. The lowest BCUT2D eigenvalue weighted by Gasteiger charge is -2.25. The van der Waals surface area contributed by atoms with Crippen LogP contribution in [0.3, 0.4) is 0 Å². The van der Waals surface area contributed by atoms with Crippen molar-refractivity contribution in [2.24, 2.45) is 0 Å². The lowest BCUT2D eigenvalue weighted by Crippen LogP contribution is -2.38.